The van der Waals surface area contributed by atoms with Crippen molar-refractivity contribution in [1.29, 1.82) is 0 Å². The van der Waals surface area contributed by atoms with Crippen LogP contribution >= 0.6 is 11.6 Å². The Morgan fingerprint density at radius 2 is 2.33 bits per heavy atom. The maximum Gasteiger partial charge on any atom is 0.337 e. The molecule has 0 aliphatic rings. The topological polar surface area (TPSA) is 82.5 Å². The summed E-state index contributed by atoms with van der Waals surface area (Å²) in [5.41, 5.74) is 0.0629. The summed E-state index contributed by atoms with van der Waals surface area (Å²) in [5.74, 6) is -0.243. The van der Waals surface area contributed by atoms with E-state index < -0.39 is 5.97 Å². The molecule has 0 saturated heterocycles. The lowest BCUT2D eigenvalue weighted by Crippen LogP contribution is -2.16. The van der Waals surface area contributed by atoms with Crippen LogP contribution in [0.2, 0.25) is 5.02 Å². The molecule has 0 amide bonds. The Kier molecular flexibility index (Phi) is 5.88. The summed E-state index contributed by atoms with van der Waals surface area (Å²) in [6.45, 7) is 2.85. The van der Waals surface area contributed by atoms with E-state index >= 15 is 0 Å². The number of carbonyl (C=O) groups is 1. The van der Waals surface area contributed by atoms with Crippen LogP contribution in [0.4, 0.5) is 5.82 Å². The van der Waals surface area contributed by atoms with Crippen LogP contribution < -0.4 is 5.32 Å². The Bertz CT molecular complexity index is 412. The number of aliphatic hydroxyl groups is 1. The van der Waals surface area contributed by atoms with Crippen molar-refractivity contribution in [2.24, 2.45) is 5.92 Å². The van der Waals surface area contributed by atoms with Crippen molar-refractivity contribution >= 4 is 23.4 Å². The summed E-state index contributed by atoms with van der Waals surface area (Å²) in [5, 5.41) is 21.0. The first-order valence-corrected chi connectivity index (χ1v) is 6.19. The van der Waals surface area contributed by atoms with Crippen LogP contribution in [-0.2, 0) is 0 Å². The van der Waals surface area contributed by atoms with Gasteiger partial charge in [0.25, 0.3) is 0 Å². The van der Waals surface area contributed by atoms with E-state index in [9.17, 15) is 4.79 Å². The van der Waals surface area contributed by atoms with E-state index in [0.29, 0.717) is 24.7 Å². The summed E-state index contributed by atoms with van der Waals surface area (Å²) in [6, 6.07) is 1.37. The van der Waals surface area contributed by atoms with Gasteiger partial charge in [-0.15, -0.1) is 0 Å². The standard InChI is InChI=1S/C12H17ClN2O3/c1-2-8(3-4-16)6-14-11-10(13)5-9(7-15-11)12(17)18/h5,7-8,16H,2-4,6H2,1H3,(H,14,15)(H,17,18). The highest BCUT2D eigenvalue weighted by Crippen LogP contribution is 2.21. The van der Waals surface area contributed by atoms with E-state index in [2.05, 4.69) is 10.3 Å². The van der Waals surface area contributed by atoms with Crippen LogP contribution in [0.25, 0.3) is 0 Å². The van der Waals surface area contributed by atoms with Gasteiger partial charge in [0.2, 0.25) is 0 Å². The van der Waals surface area contributed by atoms with Gasteiger partial charge in [-0.3, -0.25) is 0 Å². The number of carboxylic acids is 1. The number of aliphatic hydroxyl groups excluding tert-OH is 1. The predicted molar refractivity (Wildman–Crippen MR) is 70.2 cm³/mol. The molecule has 0 radical (unpaired) electrons. The molecule has 5 nitrogen and oxygen atoms in total. The van der Waals surface area contributed by atoms with E-state index in [1.54, 1.807) is 0 Å². The summed E-state index contributed by atoms with van der Waals surface area (Å²) in [6.07, 6.45) is 2.93. The van der Waals surface area contributed by atoms with Gasteiger partial charge in [0.15, 0.2) is 0 Å². The molecule has 0 fully saturated rings. The minimum absolute atomic E-state index is 0.0629. The molecule has 0 spiro atoms. The summed E-state index contributed by atoms with van der Waals surface area (Å²) >= 11 is 5.94. The second kappa shape index (κ2) is 7.18. The van der Waals surface area contributed by atoms with Crippen LogP contribution in [0.3, 0.4) is 0 Å². The molecule has 1 unspecified atom stereocenters. The van der Waals surface area contributed by atoms with Crippen LogP contribution in [0.15, 0.2) is 12.3 Å². The van der Waals surface area contributed by atoms with Gasteiger partial charge in [-0.2, -0.15) is 0 Å². The average molecular weight is 273 g/mol. The van der Waals surface area contributed by atoms with Crippen molar-refractivity contribution in [3.05, 3.63) is 22.8 Å². The van der Waals surface area contributed by atoms with Crippen molar-refractivity contribution in [3.63, 3.8) is 0 Å². The first kappa shape index (κ1) is 14.7. The van der Waals surface area contributed by atoms with Gasteiger partial charge in [-0.05, 0) is 18.4 Å². The Labute approximate surface area is 111 Å². The van der Waals surface area contributed by atoms with Crippen molar-refractivity contribution in [2.75, 3.05) is 18.5 Å². The third-order valence-electron chi connectivity index (χ3n) is 2.76. The monoisotopic (exact) mass is 272 g/mol. The number of rotatable bonds is 7. The molecule has 100 valence electrons. The molecule has 0 bridgehead atoms. The summed E-state index contributed by atoms with van der Waals surface area (Å²) in [4.78, 5) is 14.7. The fourth-order valence-electron chi connectivity index (χ4n) is 1.56. The highest BCUT2D eigenvalue weighted by molar-refractivity contribution is 6.33. The number of aromatic carboxylic acids is 1. The van der Waals surface area contributed by atoms with Gasteiger partial charge < -0.3 is 15.5 Å². The lowest BCUT2D eigenvalue weighted by Gasteiger charge is -2.15. The van der Waals surface area contributed by atoms with Crippen molar-refractivity contribution in [3.8, 4) is 0 Å². The number of pyridine rings is 1. The Hall–Kier alpha value is -1.33. The molecule has 0 aliphatic heterocycles. The van der Waals surface area contributed by atoms with Gasteiger partial charge in [-0.25, -0.2) is 9.78 Å². The lowest BCUT2D eigenvalue weighted by atomic mass is 10.0. The molecule has 0 aromatic carbocycles. The third-order valence-corrected chi connectivity index (χ3v) is 3.05. The fourth-order valence-corrected chi connectivity index (χ4v) is 1.79. The molecule has 0 saturated carbocycles. The second-order valence-electron chi connectivity index (χ2n) is 4.03. The molecule has 0 aliphatic carbocycles. The molecular formula is C12H17ClN2O3. The summed E-state index contributed by atoms with van der Waals surface area (Å²) < 4.78 is 0. The zero-order chi connectivity index (χ0) is 13.5. The molecule has 1 rings (SSSR count). The maximum absolute atomic E-state index is 10.7. The van der Waals surface area contributed by atoms with Gasteiger partial charge in [-0.1, -0.05) is 24.9 Å². The number of hydrogen-bond donors (Lipinski definition) is 3. The highest BCUT2D eigenvalue weighted by atomic mass is 35.5. The molecule has 1 aromatic heterocycles. The van der Waals surface area contributed by atoms with Crippen molar-refractivity contribution < 1.29 is 15.0 Å². The quantitative estimate of drug-likeness (QED) is 0.709. The van der Waals surface area contributed by atoms with E-state index in [1.165, 1.54) is 12.3 Å². The fraction of sp³-hybridized carbons (Fsp3) is 0.500. The molecule has 1 heterocycles. The van der Waals surface area contributed by atoms with Gasteiger partial charge in [0.1, 0.15) is 5.82 Å². The number of carboxylic acid groups (broad SMARTS) is 1. The summed E-state index contributed by atoms with van der Waals surface area (Å²) in [7, 11) is 0. The highest BCUT2D eigenvalue weighted by Gasteiger charge is 2.10. The number of halogens is 1. The maximum atomic E-state index is 10.7. The average Bonchev–Trinajstić information content (AvgIpc) is 2.35. The molecule has 18 heavy (non-hydrogen) atoms. The molecule has 6 heteroatoms. The van der Waals surface area contributed by atoms with E-state index in [1.807, 2.05) is 6.92 Å². The number of nitrogens with zero attached hydrogens (tertiary/aromatic N) is 1. The minimum atomic E-state index is -1.05. The normalized spacial score (nSPS) is 12.2. The van der Waals surface area contributed by atoms with Crippen molar-refractivity contribution in [1.82, 2.24) is 4.98 Å². The number of anilines is 1. The first-order chi connectivity index (χ1) is 8.58. The Morgan fingerprint density at radius 3 is 2.83 bits per heavy atom. The Morgan fingerprint density at radius 1 is 1.61 bits per heavy atom. The third kappa shape index (κ3) is 4.16. The predicted octanol–water partition coefficient (Wildman–Crippen LogP) is 2.25. The van der Waals surface area contributed by atoms with E-state index in [4.69, 9.17) is 21.8 Å². The zero-order valence-corrected chi connectivity index (χ0v) is 10.9. The molecular weight excluding hydrogens is 256 g/mol. The molecule has 3 N–H and O–H groups in total. The van der Waals surface area contributed by atoms with E-state index in [0.717, 1.165) is 6.42 Å². The van der Waals surface area contributed by atoms with Gasteiger partial charge in [0, 0.05) is 19.3 Å². The smallest absolute Gasteiger partial charge is 0.337 e. The largest absolute Gasteiger partial charge is 0.478 e. The SMILES string of the molecule is CCC(CCO)CNc1ncc(C(=O)O)cc1Cl. The second-order valence-corrected chi connectivity index (χ2v) is 4.43. The van der Waals surface area contributed by atoms with Crippen molar-refractivity contribution in [2.45, 2.75) is 19.8 Å². The van der Waals surface area contributed by atoms with Gasteiger partial charge >= 0.3 is 5.97 Å². The molecule has 1 atom stereocenters. The van der Waals surface area contributed by atoms with Crippen LogP contribution in [0, 0.1) is 5.92 Å². The van der Waals surface area contributed by atoms with Gasteiger partial charge in [0.05, 0.1) is 10.6 Å². The zero-order valence-electron chi connectivity index (χ0n) is 10.2. The lowest BCUT2D eigenvalue weighted by molar-refractivity contribution is 0.0696. The number of nitrogens with one attached hydrogen (secondary N) is 1. The molecule has 1 aromatic rings. The van der Waals surface area contributed by atoms with Crippen LogP contribution in [0.5, 0.6) is 0 Å². The Balaban J connectivity index is 2.65. The van der Waals surface area contributed by atoms with Crippen LogP contribution in [-0.4, -0.2) is 34.3 Å². The number of aromatic nitrogens is 1. The van der Waals surface area contributed by atoms with E-state index in [-0.39, 0.29) is 17.2 Å². The first-order valence-electron chi connectivity index (χ1n) is 5.82. The number of hydrogen-bond acceptors (Lipinski definition) is 4. The minimum Gasteiger partial charge on any atom is -0.478 e. The van der Waals surface area contributed by atoms with Crippen LogP contribution in [0.1, 0.15) is 30.1 Å².